The summed E-state index contributed by atoms with van der Waals surface area (Å²) in [4.78, 5) is 29.1. The van der Waals surface area contributed by atoms with Gasteiger partial charge in [0.05, 0.1) is 18.3 Å². The van der Waals surface area contributed by atoms with Crippen LogP contribution in [0.25, 0.3) is 0 Å². The number of aromatic hydroxyl groups is 1. The van der Waals surface area contributed by atoms with Crippen LogP contribution in [0, 0.1) is 6.92 Å². The molecule has 0 unspecified atom stereocenters. The molecule has 7 rings (SSSR count). The summed E-state index contributed by atoms with van der Waals surface area (Å²) >= 11 is 1.80. The van der Waals surface area contributed by atoms with Crippen LogP contribution in [0.1, 0.15) is 50.2 Å². The van der Waals surface area contributed by atoms with Gasteiger partial charge in [0.25, 0.3) is 5.91 Å². The summed E-state index contributed by atoms with van der Waals surface area (Å²) in [5, 5.41) is 20.5. The number of pyridine rings is 1. The molecule has 0 saturated heterocycles. The van der Waals surface area contributed by atoms with Gasteiger partial charge in [-0.1, -0.05) is 42.5 Å². The van der Waals surface area contributed by atoms with Crippen molar-refractivity contribution < 1.29 is 9.90 Å². The minimum Gasteiger partial charge on any atom is -0.502 e. The lowest BCUT2D eigenvalue weighted by atomic mass is 9.91. The molecule has 3 aliphatic rings. The molecule has 9 heteroatoms. The van der Waals surface area contributed by atoms with Gasteiger partial charge in [0.15, 0.2) is 11.4 Å². The number of nitrogens with one attached hydrogen (secondary N) is 1. The fourth-order valence-electron chi connectivity index (χ4n) is 5.77. The van der Waals surface area contributed by atoms with Crippen molar-refractivity contribution in [1.29, 1.82) is 0 Å². The van der Waals surface area contributed by atoms with Crippen molar-refractivity contribution in [3.63, 3.8) is 0 Å². The van der Waals surface area contributed by atoms with Gasteiger partial charge in [-0.05, 0) is 29.7 Å². The van der Waals surface area contributed by atoms with E-state index in [4.69, 9.17) is 0 Å². The number of aromatic nitrogens is 3. The van der Waals surface area contributed by atoms with E-state index in [-0.39, 0.29) is 23.8 Å². The molecule has 0 fully saturated rings. The fourth-order valence-corrected chi connectivity index (χ4v) is 6.87. The van der Waals surface area contributed by atoms with E-state index in [1.807, 2.05) is 25.1 Å². The number of hydrogen-bond donors (Lipinski definition) is 2. The molecule has 0 spiro atoms. The monoisotopic (exact) mass is 497 g/mol. The van der Waals surface area contributed by atoms with Crippen molar-refractivity contribution in [1.82, 2.24) is 19.8 Å². The number of benzene rings is 2. The Morgan fingerprint density at radius 1 is 1.06 bits per heavy atom. The maximum atomic E-state index is 13.8. The predicted molar refractivity (Wildman–Crippen MR) is 136 cm³/mol. The molecule has 180 valence electrons. The summed E-state index contributed by atoms with van der Waals surface area (Å²) in [5.74, 6) is -0.0696. The highest BCUT2D eigenvalue weighted by atomic mass is 32.2. The maximum absolute atomic E-state index is 13.8. The molecule has 8 nitrogen and oxygen atoms in total. The number of aryl methyl sites for hydroxylation is 1. The van der Waals surface area contributed by atoms with Gasteiger partial charge in [0, 0.05) is 40.6 Å². The topological polar surface area (TPSA) is 94.5 Å². The van der Waals surface area contributed by atoms with Crippen molar-refractivity contribution >= 4 is 17.7 Å². The van der Waals surface area contributed by atoms with Crippen LogP contribution in [0.3, 0.4) is 0 Å². The number of aromatic amines is 1. The lowest BCUT2D eigenvalue weighted by Crippen LogP contribution is -2.64. The van der Waals surface area contributed by atoms with Crippen molar-refractivity contribution in [2.45, 2.75) is 42.7 Å². The van der Waals surface area contributed by atoms with Crippen LogP contribution in [-0.4, -0.2) is 37.0 Å². The highest BCUT2D eigenvalue weighted by Gasteiger charge is 2.47. The van der Waals surface area contributed by atoms with Gasteiger partial charge in [0.2, 0.25) is 5.43 Å². The molecular formula is C27H23N5O3S. The van der Waals surface area contributed by atoms with Crippen molar-refractivity contribution in [2.75, 3.05) is 5.01 Å². The minimum atomic E-state index is -0.571. The fraction of sp³-hybridized carbons (Fsp3) is 0.222. The van der Waals surface area contributed by atoms with Crippen LogP contribution in [0.2, 0.25) is 0 Å². The SMILES string of the molecule is Cc1[nH]nc2c1C[C@@H]1N(C2)C(=O)c2c(O)c(=O)ccn2N1[C@H]1c2ccccc2CSc2ccccc21. The van der Waals surface area contributed by atoms with Crippen molar-refractivity contribution in [3.05, 3.63) is 110 Å². The van der Waals surface area contributed by atoms with E-state index in [0.29, 0.717) is 13.0 Å². The Morgan fingerprint density at radius 2 is 1.83 bits per heavy atom. The predicted octanol–water partition coefficient (Wildman–Crippen LogP) is 3.46. The molecule has 3 aliphatic heterocycles. The summed E-state index contributed by atoms with van der Waals surface area (Å²) < 4.78 is 1.70. The van der Waals surface area contributed by atoms with Gasteiger partial charge in [-0.2, -0.15) is 5.10 Å². The number of hydrogen-bond acceptors (Lipinski definition) is 6. The van der Waals surface area contributed by atoms with Crippen LogP contribution < -0.4 is 10.4 Å². The van der Waals surface area contributed by atoms with Crippen LogP contribution >= 0.6 is 11.8 Å². The number of H-pyrrole nitrogens is 1. The van der Waals surface area contributed by atoms with Gasteiger partial charge >= 0.3 is 0 Å². The summed E-state index contributed by atoms with van der Waals surface area (Å²) in [5.41, 5.74) is 5.81. The Morgan fingerprint density at radius 3 is 2.69 bits per heavy atom. The summed E-state index contributed by atoms with van der Waals surface area (Å²) in [6.07, 6.45) is 1.85. The number of thioether (sulfide) groups is 1. The molecule has 0 radical (unpaired) electrons. The van der Waals surface area contributed by atoms with E-state index in [1.165, 1.54) is 16.5 Å². The minimum absolute atomic E-state index is 0.0127. The second kappa shape index (κ2) is 7.76. The van der Waals surface area contributed by atoms with Gasteiger partial charge < -0.3 is 10.0 Å². The Kier molecular flexibility index (Phi) is 4.59. The lowest BCUT2D eigenvalue weighted by molar-refractivity contribution is 0.0496. The molecule has 2 N–H and O–H groups in total. The van der Waals surface area contributed by atoms with E-state index in [0.717, 1.165) is 33.8 Å². The number of carbonyl (C=O) groups is 1. The Balaban J connectivity index is 1.53. The first-order chi connectivity index (χ1) is 17.5. The van der Waals surface area contributed by atoms with Crippen LogP contribution in [0.15, 0.2) is 70.5 Å². The zero-order chi connectivity index (χ0) is 24.6. The molecule has 0 bridgehead atoms. The zero-order valence-corrected chi connectivity index (χ0v) is 20.3. The standard InChI is InChI=1S/C27H23N5O3S/c1-15-19-12-23-30(13-20(19)29-28-15)27(35)25-26(34)21(33)10-11-31(25)32(23)24-17-7-3-2-6-16(17)14-36-22-9-5-4-8-18(22)24/h2-11,23-24,34H,12-14H2,1H3,(H,28,29)/t23-,24+/m1/s1. The number of fused-ring (bicyclic) bond motifs is 5. The molecule has 2 atom stereocenters. The Labute approximate surface area is 211 Å². The van der Waals surface area contributed by atoms with E-state index in [9.17, 15) is 14.7 Å². The molecule has 0 saturated carbocycles. The quantitative estimate of drug-likeness (QED) is 0.418. The molecule has 1 amide bonds. The Hall–Kier alpha value is -3.98. The molecule has 2 aromatic carbocycles. The van der Waals surface area contributed by atoms with E-state index >= 15 is 0 Å². The summed E-state index contributed by atoms with van der Waals surface area (Å²) in [6.45, 7) is 2.30. The first-order valence-corrected chi connectivity index (χ1v) is 12.9. The average molecular weight is 498 g/mol. The van der Waals surface area contributed by atoms with E-state index in [1.54, 1.807) is 27.5 Å². The van der Waals surface area contributed by atoms with Gasteiger partial charge in [0.1, 0.15) is 6.17 Å². The summed E-state index contributed by atoms with van der Waals surface area (Å²) in [7, 11) is 0. The number of carbonyl (C=O) groups excluding carboxylic acids is 1. The third-order valence-electron chi connectivity index (χ3n) is 7.51. The second-order valence-electron chi connectivity index (χ2n) is 9.42. The van der Waals surface area contributed by atoms with Gasteiger partial charge in [-0.3, -0.25) is 24.4 Å². The van der Waals surface area contributed by atoms with Gasteiger partial charge in [-0.25, -0.2) is 0 Å². The molecule has 2 aromatic heterocycles. The first-order valence-electron chi connectivity index (χ1n) is 11.9. The molecule has 5 heterocycles. The Bertz CT molecular complexity index is 1560. The third kappa shape index (κ3) is 2.92. The van der Waals surface area contributed by atoms with E-state index < -0.39 is 11.2 Å². The van der Waals surface area contributed by atoms with Crippen LogP contribution in [-0.2, 0) is 18.7 Å². The highest BCUT2D eigenvalue weighted by molar-refractivity contribution is 7.98. The van der Waals surface area contributed by atoms with Crippen LogP contribution in [0.5, 0.6) is 5.75 Å². The average Bonchev–Trinajstić information content (AvgIpc) is 3.17. The number of rotatable bonds is 1. The number of amides is 1. The molecular weight excluding hydrogens is 474 g/mol. The van der Waals surface area contributed by atoms with Crippen molar-refractivity contribution in [2.24, 2.45) is 0 Å². The van der Waals surface area contributed by atoms with Crippen LogP contribution in [0.4, 0.5) is 0 Å². The lowest BCUT2D eigenvalue weighted by Gasteiger charge is -2.51. The molecule has 36 heavy (non-hydrogen) atoms. The maximum Gasteiger partial charge on any atom is 0.278 e. The largest absolute Gasteiger partial charge is 0.502 e. The normalized spacial score (nSPS) is 20.1. The zero-order valence-electron chi connectivity index (χ0n) is 19.5. The second-order valence-corrected chi connectivity index (χ2v) is 10.4. The van der Waals surface area contributed by atoms with Gasteiger partial charge in [-0.15, -0.1) is 11.8 Å². The smallest absolute Gasteiger partial charge is 0.278 e. The molecule has 4 aromatic rings. The third-order valence-corrected chi connectivity index (χ3v) is 8.65. The molecule has 0 aliphatic carbocycles. The summed E-state index contributed by atoms with van der Waals surface area (Å²) in [6, 6.07) is 17.8. The highest BCUT2D eigenvalue weighted by Crippen LogP contribution is 2.45. The van der Waals surface area contributed by atoms with Crippen molar-refractivity contribution in [3.8, 4) is 5.75 Å². The van der Waals surface area contributed by atoms with E-state index in [2.05, 4.69) is 45.5 Å². The first kappa shape index (κ1) is 21.3. The number of nitrogens with zero attached hydrogens (tertiary/aromatic N) is 4.